The molecule has 1 aromatic carbocycles. The van der Waals surface area contributed by atoms with Crippen LogP contribution in [0, 0.1) is 5.41 Å². The third-order valence-electron chi connectivity index (χ3n) is 5.92. The van der Waals surface area contributed by atoms with Gasteiger partial charge in [-0.1, -0.05) is 43.2 Å². The van der Waals surface area contributed by atoms with Crippen LogP contribution in [0.25, 0.3) is 0 Å². The van der Waals surface area contributed by atoms with Gasteiger partial charge in [0.2, 0.25) is 0 Å². The molecule has 0 radical (unpaired) electrons. The Labute approximate surface area is 129 Å². The van der Waals surface area contributed by atoms with Crippen LogP contribution in [0.15, 0.2) is 30.3 Å². The molecular weight excluding hydrogens is 256 g/mol. The molecule has 2 N–H and O–H groups in total. The fraction of sp³-hybridized carbons (Fsp3) is 0.684. The molecule has 1 atom stereocenters. The minimum atomic E-state index is 0.573. The molecule has 1 unspecified atom stereocenters. The lowest BCUT2D eigenvalue weighted by atomic mass is 9.76. The third-order valence-corrected chi connectivity index (χ3v) is 5.92. The zero-order chi connectivity index (χ0) is 14.5. The average molecular weight is 286 g/mol. The summed E-state index contributed by atoms with van der Waals surface area (Å²) in [7, 11) is 0. The summed E-state index contributed by atoms with van der Waals surface area (Å²) in [6.45, 7) is 3.35. The van der Waals surface area contributed by atoms with E-state index in [2.05, 4.69) is 35.2 Å². The van der Waals surface area contributed by atoms with Crippen LogP contribution >= 0.6 is 0 Å². The standard InChI is InChI=1S/C19H30N2/c20-16-18(9-8-17-6-2-1-3-7-17)21-14-12-19(13-15-21)10-4-5-11-19/h1-3,6-7,18H,4-5,8-16,20H2. The SMILES string of the molecule is NCC(CCc1ccccc1)N1CCC2(CCCC2)CC1. The molecule has 1 aliphatic carbocycles. The van der Waals surface area contributed by atoms with Gasteiger partial charge in [0, 0.05) is 12.6 Å². The number of aryl methyl sites for hydroxylation is 1. The van der Waals surface area contributed by atoms with E-state index < -0.39 is 0 Å². The van der Waals surface area contributed by atoms with Crippen molar-refractivity contribution in [2.75, 3.05) is 19.6 Å². The van der Waals surface area contributed by atoms with Crippen LogP contribution < -0.4 is 5.73 Å². The molecule has 21 heavy (non-hydrogen) atoms. The van der Waals surface area contributed by atoms with Crippen LogP contribution in [0.3, 0.4) is 0 Å². The number of piperidine rings is 1. The van der Waals surface area contributed by atoms with Gasteiger partial charge in [-0.3, -0.25) is 4.90 Å². The Morgan fingerprint density at radius 1 is 1.00 bits per heavy atom. The van der Waals surface area contributed by atoms with E-state index in [-0.39, 0.29) is 0 Å². The van der Waals surface area contributed by atoms with Crippen LogP contribution in [0.5, 0.6) is 0 Å². The van der Waals surface area contributed by atoms with Crippen molar-refractivity contribution >= 4 is 0 Å². The maximum atomic E-state index is 6.07. The Kier molecular flexibility index (Phi) is 4.97. The Morgan fingerprint density at radius 2 is 1.67 bits per heavy atom. The predicted octanol–water partition coefficient (Wildman–Crippen LogP) is 3.60. The summed E-state index contributed by atoms with van der Waals surface area (Å²) in [5.41, 5.74) is 8.23. The summed E-state index contributed by atoms with van der Waals surface area (Å²) in [4.78, 5) is 2.67. The predicted molar refractivity (Wildman–Crippen MR) is 89.3 cm³/mol. The second-order valence-corrected chi connectivity index (χ2v) is 7.16. The highest BCUT2D eigenvalue weighted by Crippen LogP contribution is 2.46. The molecule has 2 aliphatic rings. The first-order valence-electron chi connectivity index (χ1n) is 8.79. The van der Waals surface area contributed by atoms with Crippen molar-refractivity contribution in [3.8, 4) is 0 Å². The third kappa shape index (κ3) is 3.67. The molecule has 116 valence electrons. The van der Waals surface area contributed by atoms with E-state index in [0.717, 1.165) is 18.4 Å². The molecule has 2 fully saturated rings. The lowest BCUT2D eigenvalue weighted by molar-refractivity contribution is 0.0753. The first-order valence-corrected chi connectivity index (χ1v) is 8.79. The summed E-state index contributed by atoms with van der Waals surface area (Å²) >= 11 is 0. The molecule has 0 amide bonds. The van der Waals surface area contributed by atoms with Crippen LogP contribution in [-0.4, -0.2) is 30.6 Å². The largest absolute Gasteiger partial charge is 0.329 e. The fourth-order valence-electron chi connectivity index (χ4n) is 4.42. The molecule has 0 bridgehead atoms. The normalized spacial score (nSPS) is 23.5. The number of nitrogens with two attached hydrogens (primary N) is 1. The Hall–Kier alpha value is -0.860. The monoisotopic (exact) mass is 286 g/mol. The van der Waals surface area contributed by atoms with Crippen molar-refractivity contribution in [2.45, 2.75) is 57.4 Å². The minimum Gasteiger partial charge on any atom is -0.329 e. The number of hydrogen-bond donors (Lipinski definition) is 1. The number of benzene rings is 1. The van der Waals surface area contributed by atoms with Crippen molar-refractivity contribution in [3.05, 3.63) is 35.9 Å². The van der Waals surface area contributed by atoms with Gasteiger partial charge >= 0.3 is 0 Å². The van der Waals surface area contributed by atoms with Crippen molar-refractivity contribution in [1.82, 2.24) is 4.90 Å². The smallest absolute Gasteiger partial charge is 0.0221 e. The van der Waals surface area contributed by atoms with Crippen molar-refractivity contribution in [3.63, 3.8) is 0 Å². The highest BCUT2D eigenvalue weighted by molar-refractivity contribution is 5.14. The maximum Gasteiger partial charge on any atom is 0.0221 e. The summed E-state index contributed by atoms with van der Waals surface area (Å²) in [5.74, 6) is 0. The van der Waals surface area contributed by atoms with E-state index in [9.17, 15) is 0 Å². The summed E-state index contributed by atoms with van der Waals surface area (Å²) in [5, 5.41) is 0. The number of likely N-dealkylation sites (tertiary alicyclic amines) is 1. The van der Waals surface area contributed by atoms with Crippen molar-refractivity contribution in [2.24, 2.45) is 11.1 Å². The second-order valence-electron chi connectivity index (χ2n) is 7.16. The van der Waals surface area contributed by atoms with Gasteiger partial charge in [-0.05, 0) is 62.6 Å². The second kappa shape index (κ2) is 6.93. The molecule has 1 saturated heterocycles. The quantitative estimate of drug-likeness (QED) is 0.896. The van der Waals surface area contributed by atoms with E-state index >= 15 is 0 Å². The van der Waals surface area contributed by atoms with Crippen LogP contribution in [0.4, 0.5) is 0 Å². The van der Waals surface area contributed by atoms with E-state index in [1.807, 2.05) is 0 Å². The van der Waals surface area contributed by atoms with Crippen molar-refractivity contribution < 1.29 is 0 Å². The van der Waals surface area contributed by atoms with Crippen LogP contribution in [0.2, 0.25) is 0 Å². The van der Waals surface area contributed by atoms with E-state index in [0.29, 0.717) is 6.04 Å². The number of rotatable bonds is 5. The zero-order valence-electron chi connectivity index (χ0n) is 13.3. The average Bonchev–Trinajstić information content (AvgIpc) is 2.99. The van der Waals surface area contributed by atoms with Gasteiger partial charge in [-0.15, -0.1) is 0 Å². The molecule has 1 spiro atoms. The van der Waals surface area contributed by atoms with E-state index in [4.69, 9.17) is 5.73 Å². The number of nitrogens with zero attached hydrogens (tertiary/aromatic N) is 1. The first kappa shape index (κ1) is 15.1. The van der Waals surface area contributed by atoms with Gasteiger partial charge in [0.25, 0.3) is 0 Å². The minimum absolute atomic E-state index is 0.573. The summed E-state index contributed by atoms with van der Waals surface area (Å²) in [6.07, 6.45) is 11.1. The highest BCUT2D eigenvalue weighted by atomic mass is 15.2. The fourth-order valence-corrected chi connectivity index (χ4v) is 4.42. The van der Waals surface area contributed by atoms with E-state index in [1.54, 1.807) is 0 Å². The Balaban J connectivity index is 1.50. The Morgan fingerprint density at radius 3 is 2.29 bits per heavy atom. The first-order chi connectivity index (χ1) is 10.3. The molecule has 2 heteroatoms. The molecule has 0 aromatic heterocycles. The lowest BCUT2D eigenvalue weighted by Gasteiger charge is -2.42. The molecule has 1 aliphatic heterocycles. The zero-order valence-corrected chi connectivity index (χ0v) is 13.3. The van der Waals surface area contributed by atoms with Gasteiger partial charge in [-0.25, -0.2) is 0 Å². The molecule has 1 aromatic rings. The van der Waals surface area contributed by atoms with Crippen molar-refractivity contribution in [1.29, 1.82) is 0 Å². The Bertz CT molecular complexity index is 412. The molecule has 1 saturated carbocycles. The van der Waals surface area contributed by atoms with Crippen LogP contribution in [-0.2, 0) is 6.42 Å². The summed E-state index contributed by atoms with van der Waals surface area (Å²) < 4.78 is 0. The van der Waals surface area contributed by atoms with Gasteiger partial charge in [0.05, 0.1) is 0 Å². The maximum absolute atomic E-state index is 6.07. The topological polar surface area (TPSA) is 29.3 Å². The lowest BCUT2D eigenvalue weighted by Crippen LogP contribution is -2.47. The molecule has 1 heterocycles. The van der Waals surface area contributed by atoms with Gasteiger partial charge in [0.1, 0.15) is 0 Å². The van der Waals surface area contributed by atoms with E-state index in [1.165, 1.54) is 63.6 Å². The van der Waals surface area contributed by atoms with Crippen LogP contribution in [0.1, 0.15) is 50.5 Å². The molecular formula is C19H30N2. The molecule has 2 nitrogen and oxygen atoms in total. The van der Waals surface area contributed by atoms with Gasteiger partial charge in [0.15, 0.2) is 0 Å². The number of hydrogen-bond acceptors (Lipinski definition) is 2. The highest BCUT2D eigenvalue weighted by Gasteiger charge is 2.37. The van der Waals surface area contributed by atoms with Gasteiger partial charge in [-0.2, -0.15) is 0 Å². The van der Waals surface area contributed by atoms with Gasteiger partial charge < -0.3 is 5.73 Å². The molecule has 3 rings (SSSR count). The summed E-state index contributed by atoms with van der Waals surface area (Å²) in [6, 6.07) is 11.4.